The molecule has 19 heavy (non-hydrogen) atoms. The fraction of sp³-hybridized carbons (Fsp3) is 0.143. The van der Waals surface area contributed by atoms with Crippen LogP contribution in [0, 0.1) is 0 Å². The van der Waals surface area contributed by atoms with Crippen molar-refractivity contribution in [2.75, 3.05) is 0 Å². The van der Waals surface area contributed by atoms with Gasteiger partial charge in [-0.15, -0.1) is 11.6 Å². The van der Waals surface area contributed by atoms with E-state index in [4.69, 9.17) is 16.0 Å². The molecule has 0 saturated carbocycles. The standard InChI is InChI=1S/C14H10ClNO3/c15-7-9-5-6-10(19-9)8-16-13(17)11-3-1-2-4-12(11)14(16)18/h1-6H,7-8H2. The Hall–Kier alpha value is -2.07. The van der Waals surface area contributed by atoms with Crippen LogP contribution in [0.2, 0.25) is 0 Å². The van der Waals surface area contributed by atoms with Crippen molar-refractivity contribution in [2.45, 2.75) is 12.4 Å². The maximum atomic E-state index is 12.1. The van der Waals surface area contributed by atoms with Crippen molar-refractivity contribution in [3.8, 4) is 0 Å². The Morgan fingerprint density at radius 3 is 2.05 bits per heavy atom. The van der Waals surface area contributed by atoms with Gasteiger partial charge in [-0.2, -0.15) is 0 Å². The zero-order valence-electron chi connectivity index (χ0n) is 9.93. The van der Waals surface area contributed by atoms with Gasteiger partial charge in [0.05, 0.1) is 23.6 Å². The number of hydrogen-bond acceptors (Lipinski definition) is 3. The second-order valence-corrected chi connectivity index (χ2v) is 4.51. The molecule has 0 aliphatic carbocycles. The maximum absolute atomic E-state index is 12.1. The van der Waals surface area contributed by atoms with E-state index in [1.807, 2.05) is 0 Å². The quantitative estimate of drug-likeness (QED) is 0.639. The number of carbonyl (C=O) groups is 2. The molecular formula is C14H10ClNO3. The smallest absolute Gasteiger partial charge is 0.261 e. The number of imide groups is 1. The van der Waals surface area contributed by atoms with Gasteiger partial charge in [0.1, 0.15) is 11.5 Å². The molecule has 0 bridgehead atoms. The minimum absolute atomic E-state index is 0.128. The van der Waals surface area contributed by atoms with Gasteiger partial charge in [-0.3, -0.25) is 14.5 Å². The van der Waals surface area contributed by atoms with E-state index < -0.39 is 0 Å². The van der Waals surface area contributed by atoms with Crippen LogP contribution in [0.3, 0.4) is 0 Å². The van der Waals surface area contributed by atoms with Crippen LogP contribution >= 0.6 is 11.6 Å². The summed E-state index contributed by atoms with van der Waals surface area (Å²) in [7, 11) is 0. The van der Waals surface area contributed by atoms with E-state index >= 15 is 0 Å². The molecule has 0 fully saturated rings. The highest BCUT2D eigenvalue weighted by Gasteiger charge is 2.35. The molecule has 2 heterocycles. The Kier molecular flexibility index (Phi) is 2.87. The molecule has 0 saturated heterocycles. The number of halogens is 1. The predicted molar refractivity (Wildman–Crippen MR) is 68.9 cm³/mol. The van der Waals surface area contributed by atoms with Crippen LogP contribution in [0.5, 0.6) is 0 Å². The van der Waals surface area contributed by atoms with Gasteiger partial charge in [0.25, 0.3) is 11.8 Å². The zero-order chi connectivity index (χ0) is 13.4. The average Bonchev–Trinajstić information content (AvgIpc) is 2.99. The van der Waals surface area contributed by atoms with Crippen molar-refractivity contribution in [2.24, 2.45) is 0 Å². The third-order valence-corrected chi connectivity index (χ3v) is 3.30. The number of furan rings is 1. The van der Waals surface area contributed by atoms with Crippen LogP contribution in [-0.2, 0) is 12.4 Å². The molecule has 1 aromatic carbocycles. The summed E-state index contributed by atoms with van der Waals surface area (Å²) in [6.07, 6.45) is 0. The van der Waals surface area contributed by atoms with Gasteiger partial charge in [0.2, 0.25) is 0 Å². The normalized spacial score (nSPS) is 14.1. The molecule has 1 aliphatic rings. The lowest BCUT2D eigenvalue weighted by Crippen LogP contribution is -2.28. The summed E-state index contributed by atoms with van der Waals surface area (Å²) in [6, 6.07) is 10.3. The van der Waals surface area contributed by atoms with E-state index in [1.54, 1.807) is 36.4 Å². The maximum Gasteiger partial charge on any atom is 0.261 e. The van der Waals surface area contributed by atoms with Crippen LogP contribution in [0.1, 0.15) is 32.2 Å². The van der Waals surface area contributed by atoms with Gasteiger partial charge < -0.3 is 4.42 Å². The molecule has 96 valence electrons. The number of rotatable bonds is 3. The van der Waals surface area contributed by atoms with E-state index in [9.17, 15) is 9.59 Å². The van der Waals surface area contributed by atoms with Crippen molar-refractivity contribution in [3.63, 3.8) is 0 Å². The summed E-state index contributed by atoms with van der Waals surface area (Å²) >= 11 is 5.65. The number of carbonyl (C=O) groups excluding carboxylic acids is 2. The van der Waals surface area contributed by atoms with E-state index in [2.05, 4.69) is 0 Å². The van der Waals surface area contributed by atoms with Gasteiger partial charge in [-0.05, 0) is 24.3 Å². The summed E-state index contributed by atoms with van der Waals surface area (Å²) in [5, 5.41) is 0. The molecule has 2 aromatic rings. The molecule has 5 heteroatoms. The first-order valence-electron chi connectivity index (χ1n) is 5.79. The first-order valence-corrected chi connectivity index (χ1v) is 6.33. The molecule has 3 rings (SSSR count). The lowest BCUT2D eigenvalue weighted by Gasteiger charge is -2.11. The Balaban J connectivity index is 1.88. The molecule has 0 spiro atoms. The highest BCUT2D eigenvalue weighted by molar-refractivity contribution is 6.21. The van der Waals surface area contributed by atoms with Crippen molar-refractivity contribution in [3.05, 3.63) is 59.0 Å². The number of fused-ring (bicyclic) bond motifs is 1. The van der Waals surface area contributed by atoms with Gasteiger partial charge in [-0.25, -0.2) is 0 Å². The van der Waals surface area contributed by atoms with Gasteiger partial charge in [-0.1, -0.05) is 12.1 Å². The molecule has 2 amide bonds. The molecule has 0 unspecified atom stereocenters. The van der Waals surface area contributed by atoms with Gasteiger partial charge in [0, 0.05) is 0 Å². The number of amides is 2. The summed E-state index contributed by atoms with van der Waals surface area (Å²) < 4.78 is 5.41. The second kappa shape index (κ2) is 4.55. The lowest BCUT2D eigenvalue weighted by atomic mass is 10.1. The number of benzene rings is 1. The molecule has 1 aromatic heterocycles. The molecule has 4 nitrogen and oxygen atoms in total. The Labute approximate surface area is 114 Å². The van der Waals surface area contributed by atoms with E-state index in [0.717, 1.165) is 0 Å². The second-order valence-electron chi connectivity index (χ2n) is 4.24. The van der Waals surface area contributed by atoms with Crippen molar-refractivity contribution in [1.82, 2.24) is 4.90 Å². The Morgan fingerprint density at radius 1 is 0.947 bits per heavy atom. The minimum Gasteiger partial charge on any atom is -0.463 e. The lowest BCUT2D eigenvalue weighted by molar-refractivity contribution is 0.0631. The largest absolute Gasteiger partial charge is 0.463 e. The van der Waals surface area contributed by atoms with Crippen molar-refractivity contribution < 1.29 is 14.0 Å². The number of nitrogens with zero attached hydrogens (tertiary/aromatic N) is 1. The third-order valence-electron chi connectivity index (χ3n) is 3.04. The Bertz CT molecular complexity index is 627. The van der Waals surface area contributed by atoms with Crippen LogP contribution in [0.15, 0.2) is 40.8 Å². The summed E-state index contributed by atoms with van der Waals surface area (Å²) in [6.45, 7) is 0.128. The Morgan fingerprint density at radius 2 is 1.53 bits per heavy atom. The predicted octanol–water partition coefficient (Wildman–Crippen LogP) is 2.81. The SMILES string of the molecule is O=C1c2ccccc2C(=O)N1Cc1ccc(CCl)o1. The molecular weight excluding hydrogens is 266 g/mol. The molecule has 0 atom stereocenters. The van der Waals surface area contributed by atoms with Gasteiger partial charge >= 0.3 is 0 Å². The third kappa shape index (κ3) is 1.94. The van der Waals surface area contributed by atoms with Gasteiger partial charge in [0.15, 0.2) is 0 Å². The minimum atomic E-state index is -0.288. The van der Waals surface area contributed by atoms with Crippen LogP contribution in [0.25, 0.3) is 0 Å². The monoisotopic (exact) mass is 275 g/mol. The van der Waals surface area contributed by atoms with E-state index in [-0.39, 0.29) is 24.2 Å². The van der Waals surface area contributed by atoms with Crippen LogP contribution in [-0.4, -0.2) is 16.7 Å². The molecule has 1 aliphatic heterocycles. The molecule has 0 radical (unpaired) electrons. The van der Waals surface area contributed by atoms with Crippen molar-refractivity contribution >= 4 is 23.4 Å². The first kappa shape index (κ1) is 12.0. The highest BCUT2D eigenvalue weighted by atomic mass is 35.5. The fourth-order valence-electron chi connectivity index (χ4n) is 2.12. The fourth-order valence-corrected chi connectivity index (χ4v) is 2.26. The molecule has 0 N–H and O–H groups in total. The summed E-state index contributed by atoms with van der Waals surface area (Å²) in [4.78, 5) is 25.4. The number of hydrogen-bond donors (Lipinski definition) is 0. The van der Waals surface area contributed by atoms with E-state index in [0.29, 0.717) is 22.6 Å². The zero-order valence-corrected chi connectivity index (χ0v) is 10.7. The summed E-state index contributed by atoms with van der Waals surface area (Å²) in [5.74, 6) is 0.856. The first-order chi connectivity index (χ1) is 9.20. The van der Waals surface area contributed by atoms with Crippen LogP contribution < -0.4 is 0 Å². The average molecular weight is 276 g/mol. The topological polar surface area (TPSA) is 50.5 Å². The van der Waals surface area contributed by atoms with Crippen LogP contribution in [0.4, 0.5) is 0 Å². The van der Waals surface area contributed by atoms with E-state index in [1.165, 1.54) is 4.90 Å². The highest BCUT2D eigenvalue weighted by Crippen LogP contribution is 2.24. The number of alkyl halides is 1. The van der Waals surface area contributed by atoms with Crippen molar-refractivity contribution in [1.29, 1.82) is 0 Å². The summed E-state index contributed by atoms with van der Waals surface area (Å²) in [5.41, 5.74) is 0.883.